The van der Waals surface area contributed by atoms with Gasteiger partial charge in [-0.15, -0.1) is 0 Å². The van der Waals surface area contributed by atoms with Gasteiger partial charge in [-0.1, -0.05) is 251 Å². The van der Waals surface area contributed by atoms with Crippen molar-refractivity contribution in [3.05, 3.63) is 0 Å². The molecule has 360 valence electrons. The van der Waals surface area contributed by atoms with Gasteiger partial charge in [0.2, 0.25) is 0 Å². The molecule has 0 aromatic carbocycles. The first kappa shape index (κ1) is 59.5. The van der Waals surface area contributed by atoms with Crippen molar-refractivity contribution in [3.63, 3.8) is 0 Å². The molecule has 0 aliphatic carbocycles. The highest BCUT2D eigenvalue weighted by Gasteiger charge is 2.26. The van der Waals surface area contributed by atoms with Crippen LogP contribution in [0.25, 0.3) is 0 Å². The van der Waals surface area contributed by atoms with Crippen molar-refractivity contribution in [2.24, 2.45) is 0 Å². The minimum Gasteiger partial charge on any atom is -0.457 e. The maximum atomic E-state index is 12.7. The Balaban J connectivity index is 3.96. The lowest BCUT2D eigenvalue weighted by atomic mass is 10.0. The Morgan fingerprint density at radius 1 is 0.450 bits per heavy atom. The predicted molar refractivity (Wildman–Crippen MR) is 252 cm³/mol. The highest BCUT2D eigenvalue weighted by atomic mass is 31.2. The second kappa shape index (κ2) is 47.9. The average Bonchev–Trinajstić information content (AvgIpc) is 3.24. The smallest absolute Gasteiger partial charge is 0.457 e. The van der Waals surface area contributed by atoms with Crippen molar-refractivity contribution in [1.29, 1.82) is 0 Å². The molecule has 0 aliphatic rings. The minimum absolute atomic E-state index is 0.0587. The number of carbonyl (C=O) groups excluding carboxylic acids is 1. The summed E-state index contributed by atoms with van der Waals surface area (Å²) in [5, 5.41) is 18.4. The molecule has 0 aromatic rings. The number of aliphatic hydroxyl groups excluding tert-OH is 2. The Hall–Kier alpha value is -0.540. The number of phosphoric ester groups is 1. The number of unbranched alkanes of at least 4 members (excludes halogenated alkanes) is 37. The molecule has 0 amide bonds. The van der Waals surface area contributed by atoms with E-state index >= 15 is 0 Å². The van der Waals surface area contributed by atoms with Crippen molar-refractivity contribution < 1.29 is 43.0 Å². The molecule has 3 N–H and O–H groups in total. The number of hydrogen-bond acceptors (Lipinski definition) is 8. The zero-order valence-corrected chi connectivity index (χ0v) is 40.6. The number of ether oxygens (including phenoxy) is 2. The SMILES string of the molecule is CCCCCCCCCCCCCCCCCCCCCCCCCCOCC(COP(=O)(O)OCC(O)CO)OC(=O)CCCCCCCCCCCCCCCCC. The van der Waals surface area contributed by atoms with Crippen LogP contribution >= 0.6 is 7.82 Å². The Morgan fingerprint density at radius 2 is 0.750 bits per heavy atom. The lowest BCUT2D eigenvalue weighted by Gasteiger charge is -2.20. The molecular formula is C50H101O9P. The second-order valence-corrected chi connectivity index (χ2v) is 19.4. The van der Waals surface area contributed by atoms with Crippen LogP contribution in [0.5, 0.6) is 0 Å². The van der Waals surface area contributed by atoms with E-state index < -0.39 is 33.2 Å². The van der Waals surface area contributed by atoms with Gasteiger partial charge in [-0.05, 0) is 12.8 Å². The molecule has 0 aromatic heterocycles. The molecule has 0 radical (unpaired) electrons. The fourth-order valence-electron chi connectivity index (χ4n) is 7.83. The highest BCUT2D eigenvalue weighted by molar-refractivity contribution is 7.47. The van der Waals surface area contributed by atoms with E-state index in [1.54, 1.807) is 0 Å². The first-order valence-electron chi connectivity index (χ1n) is 26.0. The van der Waals surface area contributed by atoms with Gasteiger partial charge in [-0.25, -0.2) is 4.57 Å². The minimum atomic E-state index is -4.51. The van der Waals surface area contributed by atoms with Gasteiger partial charge in [-0.3, -0.25) is 13.8 Å². The zero-order chi connectivity index (χ0) is 43.9. The molecule has 0 spiro atoms. The first-order chi connectivity index (χ1) is 29.3. The van der Waals surface area contributed by atoms with Crippen LogP contribution in [0.2, 0.25) is 0 Å². The summed E-state index contributed by atoms with van der Waals surface area (Å²) in [6, 6.07) is 0. The largest absolute Gasteiger partial charge is 0.472 e. The van der Waals surface area contributed by atoms with Crippen molar-refractivity contribution in [1.82, 2.24) is 0 Å². The Morgan fingerprint density at radius 3 is 1.08 bits per heavy atom. The highest BCUT2D eigenvalue weighted by Crippen LogP contribution is 2.43. The quantitative estimate of drug-likeness (QED) is 0.0310. The summed E-state index contributed by atoms with van der Waals surface area (Å²) >= 11 is 0. The predicted octanol–water partition coefficient (Wildman–Crippen LogP) is 15.0. The van der Waals surface area contributed by atoms with Gasteiger partial charge in [0.05, 0.1) is 26.4 Å². The maximum Gasteiger partial charge on any atom is 0.472 e. The van der Waals surface area contributed by atoms with E-state index in [1.165, 1.54) is 218 Å². The third-order valence-electron chi connectivity index (χ3n) is 11.8. The number of carbonyl (C=O) groups is 1. The van der Waals surface area contributed by atoms with Gasteiger partial charge in [0.25, 0.3) is 0 Å². The van der Waals surface area contributed by atoms with Crippen LogP contribution in [0.1, 0.15) is 271 Å². The molecule has 60 heavy (non-hydrogen) atoms. The van der Waals surface area contributed by atoms with Crippen molar-refractivity contribution in [2.45, 2.75) is 283 Å². The van der Waals surface area contributed by atoms with E-state index in [4.69, 9.17) is 23.6 Å². The van der Waals surface area contributed by atoms with Crippen molar-refractivity contribution in [3.8, 4) is 0 Å². The molecule has 3 atom stereocenters. The summed E-state index contributed by atoms with van der Waals surface area (Å²) in [5.41, 5.74) is 0. The Labute approximate surface area is 371 Å². The summed E-state index contributed by atoms with van der Waals surface area (Å²) in [6.45, 7) is 3.60. The van der Waals surface area contributed by atoms with Gasteiger partial charge in [0, 0.05) is 13.0 Å². The van der Waals surface area contributed by atoms with E-state index in [1.807, 2.05) is 0 Å². The Kier molecular flexibility index (Phi) is 47.5. The number of rotatable bonds is 51. The van der Waals surface area contributed by atoms with E-state index in [9.17, 15) is 19.4 Å². The van der Waals surface area contributed by atoms with Gasteiger partial charge in [0.15, 0.2) is 0 Å². The molecule has 0 heterocycles. The van der Waals surface area contributed by atoms with Crippen molar-refractivity contribution >= 4 is 13.8 Å². The lowest BCUT2D eigenvalue weighted by Crippen LogP contribution is -2.29. The van der Waals surface area contributed by atoms with Crippen LogP contribution in [0, 0.1) is 0 Å². The molecule has 0 saturated carbocycles. The first-order valence-corrected chi connectivity index (χ1v) is 27.5. The average molecular weight is 877 g/mol. The zero-order valence-electron chi connectivity index (χ0n) is 39.7. The summed E-state index contributed by atoms with van der Waals surface area (Å²) in [5.74, 6) is -0.374. The summed E-state index contributed by atoms with van der Waals surface area (Å²) in [4.78, 5) is 22.7. The number of hydrogen-bond donors (Lipinski definition) is 3. The van der Waals surface area contributed by atoms with E-state index in [0.29, 0.717) is 6.61 Å². The molecule has 3 unspecified atom stereocenters. The number of phosphoric acid groups is 1. The topological polar surface area (TPSA) is 132 Å². The molecule has 0 fully saturated rings. The molecule has 9 nitrogen and oxygen atoms in total. The van der Waals surface area contributed by atoms with Crippen LogP contribution in [0.3, 0.4) is 0 Å². The fourth-order valence-corrected chi connectivity index (χ4v) is 8.62. The molecular weight excluding hydrogens is 776 g/mol. The molecule has 0 rings (SSSR count). The standard InChI is InChI=1S/C50H101O9P/c1-3-5-7-9-11-13-15-17-19-20-21-22-23-24-25-26-27-29-31-33-35-37-39-41-43-56-46-49(47-58-60(54,55)57-45-48(52)44-51)59-50(53)42-40-38-36-34-32-30-28-18-16-14-12-10-8-6-4-2/h48-49,51-52H,3-47H2,1-2H3,(H,54,55). The van der Waals surface area contributed by atoms with Crippen LogP contribution in [-0.2, 0) is 27.9 Å². The number of aliphatic hydroxyl groups is 2. The van der Waals surface area contributed by atoms with E-state index in [-0.39, 0.29) is 25.6 Å². The van der Waals surface area contributed by atoms with Crippen LogP contribution in [0.15, 0.2) is 0 Å². The molecule has 10 heteroatoms. The maximum absolute atomic E-state index is 12.7. The van der Waals surface area contributed by atoms with Crippen molar-refractivity contribution in [2.75, 3.05) is 33.0 Å². The number of esters is 1. The summed E-state index contributed by atoms with van der Waals surface area (Å²) in [6.07, 6.45) is 49.3. The van der Waals surface area contributed by atoms with Gasteiger partial charge in [-0.2, -0.15) is 0 Å². The summed E-state index contributed by atoms with van der Waals surface area (Å²) in [7, 11) is -4.51. The van der Waals surface area contributed by atoms with Crippen LogP contribution < -0.4 is 0 Å². The fraction of sp³-hybridized carbons (Fsp3) is 0.980. The van der Waals surface area contributed by atoms with Gasteiger partial charge < -0.3 is 24.6 Å². The molecule has 0 aliphatic heterocycles. The Bertz CT molecular complexity index is 907. The molecule has 0 bridgehead atoms. The monoisotopic (exact) mass is 877 g/mol. The summed E-state index contributed by atoms with van der Waals surface area (Å²) < 4.78 is 33.5. The van der Waals surface area contributed by atoms with Crippen LogP contribution in [0.4, 0.5) is 0 Å². The lowest BCUT2D eigenvalue weighted by molar-refractivity contribution is -0.154. The third kappa shape index (κ3) is 47.0. The van der Waals surface area contributed by atoms with Crippen LogP contribution in [-0.4, -0.2) is 66.3 Å². The van der Waals surface area contributed by atoms with Gasteiger partial charge in [0.1, 0.15) is 12.2 Å². The normalized spacial score (nSPS) is 13.8. The molecule has 0 saturated heterocycles. The van der Waals surface area contributed by atoms with E-state index in [2.05, 4.69) is 13.8 Å². The van der Waals surface area contributed by atoms with E-state index in [0.717, 1.165) is 32.1 Å². The third-order valence-corrected chi connectivity index (χ3v) is 12.7. The van der Waals surface area contributed by atoms with Gasteiger partial charge >= 0.3 is 13.8 Å². The second-order valence-electron chi connectivity index (χ2n) is 17.9.